The van der Waals surface area contributed by atoms with Gasteiger partial charge in [-0.15, -0.1) is 0 Å². The average Bonchev–Trinajstić information content (AvgIpc) is 3.69. The lowest BCUT2D eigenvalue weighted by atomic mass is 10.1. The number of benzene rings is 2. The van der Waals surface area contributed by atoms with Crippen LogP contribution < -0.4 is 24.6 Å². The number of alkyl halides is 12. The van der Waals surface area contributed by atoms with Gasteiger partial charge in [-0.05, 0) is 38.1 Å². The van der Waals surface area contributed by atoms with Gasteiger partial charge in [-0.1, -0.05) is 46.4 Å². The van der Waals surface area contributed by atoms with Crippen molar-refractivity contribution in [3.05, 3.63) is 79.3 Å². The van der Waals surface area contributed by atoms with Crippen molar-refractivity contribution in [3.8, 4) is 11.5 Å². The van der Waals surface area contributed by atoms with Gasteiger partial charge in [-0.25, -0.2) is 0 Å². The number of carbonyl (C=O) groups is 2. The molecule has 6 rings (SSSR count). The first-order valence-corrected chi connectivity index (χ1v) is 20.5. The van der Waals surface area contributed by atoms with E-state index in [9.17, 15) is 62.3 Å². The van der Waals surface area contributed by atoms with E-state index in [1.807, 2.05) is 0 Å². The maximum atomic E-state index is 13.8. The molecule has 0 radical (unpaired) electrons. The molecule has 2 atom stereocenters. The highest BCUT2D eigenvalue weighted by molar-refractivity contribution is 6.33. The van der Waals surface area contributed by atoms with E-state index in [0.717, 1.165) is 0 Å². The molecular weight excluding hydrogens is 1020 g/mol. The minimum absolute atomic E-state index is 0.0219. The smallest absolute Gasteiger partial charge is 0.436 e. The van der Waals surface area contributed by atoms with Crippen molar-refractivity contribution in [1.29, 1.82) is 0 Å². The third kappa shape index (κ3) is 13.9. The zero-order valence-corrected chi connectivity index (χ0v) is 38.1. The normalized spacial score (nSPS) is 17.0. The summed E-state index contributed by atoms with van der Waals surface area (Å²) in [5.74, 6) is -1.57. The van der Waals surface area contributed by atoms with Gasteiger partial charge < -0.3 is 34.6 Å². The summed E-state index contributed by atoms with van der Waals surface area (Å²) in [6.07, 6.45) is -18.6. The van der Waals surface area contributed by atoms with E-state index in [-0.39, 0.29) is 48.3 Å². The number of anilines is 2. The average molecular weight is 1060 g/mol. The van der Waals surface area contributed by atoms with Gasteiger partial charge in [-0.3, -0.25) is 19.0 Å². The largest absolute Gasteiger partial charge is 0.495 e. The second kappa shape index (κ2) is 21.7. The van der Waals surface area contributed by atoms with Crippen LogP contribution in [0.5, 0.6) is 11.5 Å². The van der Waals surface area contributed by atoms with Gasteiger partial charge in [0, 0.05) is 62.8 Å². The zero-order valence-electron chi connectivity index (χ0n) is 35.0. The Morgan fingerprint density at radius 3 is 1.52 bits per heavy atom. The maximum absolute atomic E-state index is 13.8. The molecule has 4 heterocycles. The second-order valence-electron chi connectivity index (χ2n) is 14.4. The zero-order chi connectivity index (χ0) is 50.6. The lowest BCUT2D eigenvalue weighted by Crippen LogP contribution is -2.61. The number of rotatable bonds is 8. The number of amides is 1. The molecule has 372 valence electrons. The van der Waals surface area contributed by atoms with Gasteiger partial charge in [0.15, 0.2) is 11.4 Å². The van der Waals surface area contributed by atoms with Gasteiger partial charge in [0.05, 0.1) is 45.7 Å². The predicted molar refractivity (Wildman–Crippen MR) is 221 cm³/mol. The van der Waals surface area contributed by atoms with Crippen LogP contribution in [0.4, 0.5) is 64.1 Å². The number of carbonyl (C=O) groups excluding carboxylic acids is 1. The van der Waals surface area contributed by atoms with Crippen LogP contribution in [0.1, 0.15) is 22.8 Å². The Balaban J connectivity index is 0.000000243. The molecule has 0 bridgehead atoms. The molecule has 2 aliphatic heterocycles. The number of piperazine rings is 2. The van der Waals surface area contributed by atoms with Gasteiger partial charge in [-0.2, -0.15) is 62.9 Å². The van der Waals surface area contributed by atoms with Crippen LogP contribution in [0.3, 0.4) is 0 Å². The highest BCUT2D eigenvalue weighted by atomic mass is 35.5. The molecular formula is C38H38Cl4F12N8O5. The molecule has 67 heavy (non-hydrogen) atoms. The molecule has 2 N–H and O–H groups in total. The minimum atomic E-state index is -4.87. The van der Waals surface area contributed by atoms with Crippen LogP contribution in [0.25, 0.3) is 0 Å². The van der Waals surface area contributed by atoms with Crippen molar-refractivity contribution in [3.63, 3.8) is 0 Å². The topological polar surface area (TPSA) is 130 Å². The number of aromatic nitrogens is 4. The summed E-state index contributed by atoms with van der Waals surface area (Å²) in [4.78, 5) is 26.7. The van der Waals surface area contributed by atoms with Gasteiger partial charge >= 0.3 is 30.7 Å². The Labute approximate surface area is 392 Å². The molecule has 0 aliphatic carbocycles. The summed E-state index contributed by atoms with van der Waals surface area (Å²) in [5, 5.41) is 16.7. The number of nitrogens with zero attached hydrogens (tertiary/aromatic N) is 7. The lowest BCUT2D eigenvalue weighted by molar-refractivity contribution is -0.190. The van der Waals surface area contributed by atoms with E-state index >= 15 is 0 Å². The highest BCUT2D eigenvalue weighted by Crippen LogP contribution is 2.38. The number of nitrogens with one attached hydrogen (secondary N) is 1. The van der Waals surface area contributed by atoms with E-state index in [4.69, 9.17) is 61.0 Å². The molecule has 0 spiro atoms. The molecule has 2 aromatic heterocycles. The summed E-state index contributed by atoms with van der Waals surface area (Å²) >= 11 is 22.9. The summed E-state index contributed by atoms with van der Waals surface area (Å²) in [6.45, 7) is 0.848. The Bertz CT molecular complexity index is 2380. The summed E-state index contributed by atoms with van der Waals surface area (Å²) in [5.41, 5.74) is -1.76. The Hall–Kier alpha value is -4.72. The number of carboxylic acid groups (broad SMARTS) is 1. The van der Waals surface area contributed by atoms with E-state index in [1.54, 1.807) is 23.1 Å². The van der Waals surface area contributed by atoms with Crippen molar-refractivity contribution < 1.29 is 76.9 Å². The number of methoxy groups -OCH3 is 2. The SMILES string of the molecule is COc1cc(N2CCN(C(=O)Cn3nc(C(F)(F)F)c(Cl)c3C)C(C(F)(F)F)C2)ccc1Cl.COc1cc(N2CCNC(C(F)(F)F)C2)ccc1Cl.Cc1c(Cl)c(C(F)(F)F)nn1CC(=O)O. The van der Waals surface area contributed by atoms with Gasteiger partial charge in [0.1, 0.15) is 36.7 Å². The molecule has 0 saturated carbocycles. The van der Waals surface area contributed by atoms with E-state index in [1.165, 1.54) is 51.2 Å². The number of carboxylic acids is 1. The summed E-state index contributed by atoms with van der Waals surface area (Å²) in [7, 11) is 2.84. The molecule has 4 aromatic rings. The van der Waals surface area contributed by atoms with Gasteiger partial charge in [0.2, 0.25) is 5.91 Å². The third-order valence-corrected chi connectivity index (χ3v) is 11.6. The highest BCUT2D eigenvalue weighted by Gasteiger charge is 2.49. The van der Waals surface area contributed by atoms with Crippen LogP contribution in [-0.2, 0) is 35.0 Å². The van der Waals surface area contributed by atoms with Crippen molar-refractivity contribution in [2.24, 2.45) is 0 Å². The van der Waals surface area contributed by atoms with Crippen LogP contribution in [-0.4, -0.2) is 119 Å². The summed E-state index contributed by atoms with van der Waals surface area (Å²) < 4.78 is 167. The predicted octanol–water partition coefficient (Wildman–Crippen LogP) is 9.44. The first kappa shape index (κ1) is 54.9. The fraction of sp³-hybridized carbons (Fsp3) is 0.474. The number of aliphatic carboxylic acids is 1. The monoisotopic (exact) mass is 1050 g/mol. The quantitative estimate of drug-likeness (QED) is 0.165. The summed E-state index contributed by atoms with van der Waals surface area (Å²) in [6, 6.07) is 5.78. The number of halogens is 16. The lowest BCUT2D eigenvalue weighted by Gasteiger charge is -2.43. The van der Waals surface area contributed by atoms with Crippen molar-refractivity contribution in [1.82, 2.24) is 29.8 Å². The first-order valence-electron chi connectivity index (χ1n) is 19.0. The number of hydrogen-bond acceptors (Lipinski definition) is 9. The maximum Gasteiger partial charge on any atom is 0.436 e. The minimum Gasteiger partial charge on any atom is -0.495 e. The van der Waals surface area contributed by atoms with Crippen LogP contribution in [0.2, 0.25) is 20.1 Å². The number of hydrogen-bond donors (Lipinski definition) is 2. The van der Waals surface area contributed by atoms with Crippen LogP contribution in [0.15, 0.2) is 36.4 Å². The molecule has 13 nitrogen and oxygen atoms in total. The molecule has 2 aromatic carbocycles. The third-order valence-electron chi connectivity index (χ3n) is 10.0. The molecule has 2 aliphatic rings. The van der Waals surface area contributed by atoms with E-state index < -0.39 is 89.7 Å². The first-order chi connectivity index (χ1) is 30.9. The fourth-order valence-electron chi connectivity index (χ4n) is 6.56. The van der Waals surface area contributed by atoms with E-state index in [0.29, 0.717) is 43.0 Å². The molecule has 2 unspecified atom stereocenters. The Morgan fingerprint density at radius 2 is 1.13 bits per heavy atom. The molecule has 2 fully saturated rings. The molecule has 2 saturated heterocycles. The Morgan fingerprint density at radius 1 is 0.687 bits per heavy atom. The van der Waals surface area contributed by atoms with Crippen molar-refractivity contribution >= 4 is 69.7 Å². The fourth-order valence-corrected chi connectivity index (χ4v) is 7.43. The van der Waals surface area contributed by atoms with E-state index in [2.05, 4.69) is 15.5 Å². The van der Waals surface area contributed by atoms with Gasteiger partial charge in [0.25, 0.3) is 0 Å². The molecule has 1 amide bonds. The van der Waals surface area contributed by atoms with Crippen LogP contribution in [0, 0.1) is 13.8 Å². The Kier molecular flexibility index (Phi) is 17.8. The number of ether oxygens (including phenoxy) is 2. The van der Waals surface area contributed by atoms with Crippen LogP contribution >= 0.6 is 46.4 Å². The van der Waals surface area contributed by atoms with Crippen molar-refractivity contribution in [2.45, 2.75) is 63.7 Å². The molecule has 29 heteroatoms. The standard InChI is InChI=1S/C19H18Cl2F6N4O2.C12H14ClF3N2O.C7H6ClF3N2O2/c1-10-16(21)17(19(25,26)27)28-31(10)9-15(32)30-6-5-29(8-14(30)18(22,23)24)11-3-4-12(20)13(7-11)33-2;1-19-10-6-8(2-3-9(10)13)18-5-4-17-11(7-18)12(14,15)16;1-3-5(8)6(7(9,10)11)12-13(3)2-4(14)15/h3-4,7,14H,5-6,8-9H2,1-2H3;2-3,6,11,17H,4-5,7H2,1H3;2H2,1H3,(H,14,15). The second-order valence-corrected chi connectivity index (χ2v) is 16.0. The van der Waals surface area contributed by atoms with Crippen molar-refractivity contribution in [2.75, 3.05) is 63.3 Å².